The molecule has 138 valence electrons. The Balaban J connectivity index is 1.54. The number of fused-ring (bicyclic) bond motifs is 3. The lowest BCUT2D eigenvalue weighted by atomic mass is 9.99. The molecule has 1 aromatic heterocycles. The number of hydrogen-bond acceptors (Lipinski definition) is 4. The second kappa shape index (κ2) is 5.88. The van der Waals surface area contributed by atoms with Crippen LogP contribution in [0, 0.1) is 0 Å². The van der Waals surface area contributed by atoms with Gasteiger partial charge in [0, 0.05) is 11.9 Å². The Bertz CT molecular complexity index is 1100. The first kappa shape index (κ1) is 16.4. The SMILES string of the molecule is O=C(N=S1(=O)NC(=O)c2cccnc21)Nc1c2c(cc3c1CCC3)CCC2. The van der Waals surface area contributed by atoms with Crippen LogP contribution in [0.25, 0.3) is 0 Å². The van der Waals surface area contributed by atoms with Crippen molar-refractivity contribution in [1.29, 1.82) is 0 Å². The number of aromatic nitrogens is 1. The van der Waals surface area contributed by atoms with Crippen molar-refractivity contribution in [2.45, 2.75) is 43.6 Å². The van der Waals surface area contributed by atoms with Crippen LogP contribution in [0.1, 0.15) is 45.5 Å². The van der Waals surface area contributed by atoms with Gasteiger partial charge in [-0.05, 0) is 72.9 Å². The third kappa shape index (κ3) is 2.55. The molecular weight excluding hydrogens is 364 g/mol. The lowest BCUT2D eigenvalue weighted by Gasteiger charge is -2.15. The highest BCUT2D eigenvalue weighted by molar-refractivity contribution is 7.93. The fourth-order valence-electron chi connectivity index (χ4n) is 4.29. The Hall–Kier alpha value is -2.74. The van der Waals surface area contributed by atoms with Crippen molar-refractivity contribution in [3.8, 4) is 0 Å². The first-order valence-electron chi connectivity index (χ1n) is 9.07. The van der Waals surface area contributed by atoms with Crippen LogP contribution in [0.3, 0.4) is 0 Å². The fourth-order valence-corrected chi connectivity index (χ4v) is 5.82. The summed E-state index contributed by atoms with van der Waals surface area (Å²) in [6.07, 6.45) is 7.47. The summed E-state index contributed by atoms with van der Waals surface area (Å²) in [7, 11) is -3.41. The van der Waals surface area contributed by atoms with Gasteiger partial charge in [0.2, 0.25) is 0 Å². The summed E-state index contributed by atoms with van der Waals surface area (Å²) in [5.41, 5.74) is 5.94. The van der Waals surface area contributed by atoms with Gasteiger partial charge in [0.05, 0.1) is 5.56 Å². The van der Waals surface area contributed by atoms with E-state index in [4.69, 9.17) is 0 Å². The van der Waals surface area contributed by atoms with Crippen molar-refractivity contribution in [1.82, 2.24) is 9.71 Å². The first-order chi connectivity index (χ1) is 13.0. The number of amides is 3. The number of benzene rings is 1. The second-order valence-electron chi connectivity index (χ2n) is 7.07. The molecule has 2 N–H and O–H groups in total. The smallest absolute Gasteiger partial charge is 0.305 e. The van der Waals surface area contributed by atoms with Crippen LogP contribution in [0.15, 0.2) is 33.8 Å². The van der Waals surface area contributed by atoms with Crippen LogP contribution in [-0.4, -0.2) is 21.1 Å². The highest BCUT2D eigenvalue weighted by atomic mass is 32.2. The molecule has 3 amide bonds. The zero-order valence-corrected chi connectivity index (χ0v) is 15.4. The summed E-state index contributed by atoms with van der Waals surface area (Å²) < 4.78 is 19.2. The minimum Gasteiger partial charge on any atom is -0.305 e. The van der Waals surface area contributed by atoms with Gasteiger partial charge >= 0.3 is 6.03 Å². The maximum absolute atomic E-state index is 13.1. The summed E-state index contributed by atoms with van der Waals surface area (Å²) in [6.45, 7) is 0. The van der Waals surface area contributed by atoms with Crippen LogP contribution in [0.4, 0.5) is 10.5 Å². The Morgan fingerprint density at radius 3 is 2.56 bits per heavy atom. The van der Waals surface area contributed by atoms with Crippen LogP contribution >= 0.6 is 0 Å². The molecule has 0 fully saturated rings. The van der Waals surface area contributed by atoms with E-state index in [0.29, 0.717) is 0 Å². The molecule has 27 heavy (non-hydrogen) atoms. The van der Waals surface area contributed by atoms with E-state index in [9.17, 15) is 13.8 Å². The van der Waals surface area contributed by atoms with Gasteiger partial charge in [-0.15, -0.1) is 4.36 Å². The lowest BCUT2D eigenvalue weighted by Crippen LogP contribution is -2.24. The third-order valence-corrected chi connectivity index (χ3v) is 7.16. The Morgan fingerprint density at radius 2 is 1.85 bits per heavy atom. The highest BCUT2D eigenvalue weighted by Crippen LogP contribution is 2.38. The Morgan fingerprint density at radius 1 is 1.15 bits per heavy atom. The molecule has 0 saturated carbocycles. The van der Waals surface area contributed by atoms with Crippen molar-refractivity contribution in [3.05, 3.63) is 52.2 Å². The van der Waals surface area contributed by atoms with Gasteiger partial charge in [0.15, 0.2) is 14.9 Å². The molecule has 1 aromatic carbocycles. The molecule has 1 aliphatic heterocycles. The minimum atomic E-state index is -3.41. The average Bonchev–Trinajstić information content (AvgIpc) is 3.34. The van der Waals surface area contributed by atoms with Crippen molar-refractivity contribution >= 4 is 27.5 Å². The molecule has 5 rings (SSSR count). The topological polar surface area (TPSA) is 101 Å². The number of anilines is 1. The number of carbonyl (C=O) groups is 2. The number of carbonyl (C=O) groups excluding carboxylic acids is 2. The monoisotopic (exact) mass is 382 g/mol. The van der Waals surface area contributed by atoms with Crippen LogP contribution in [0.2, 0.25) is 0 Å². The molecule has 2 aromatic rings. The number of hydrogen-bond donors (Lipinski definition) is 2. The van der Waals surface area contributed by atoms with Gasteiger partial charge in [-0.3, -0.25) is 9.52 Å². The predicted molar refractivity (Wildman–Crippen MR) is 100 cm³/mol. The summed E-state index contributed by atoms with van der Waals surface area (Å²) in [6, 6.07) is 4.66. The number of nitrogens with zero attached hydrogens (tertiary/aromatic N) is 2. The number of pyridine rings is 1. The van der Waals surface area contributed by atoms with E-state index >= 15 is 0 Å². The number of aryl methyl sites for hydroxylation is 2. The molecule has 1 atom stereocenters. The Labute approximate surface area is 156 Å². The predicted octanol–water partition coefficient (Wildman–Crippen LogP) is 2.78. The van der Waals surface area contributed by atoms with Crippen molar-refractivity contribution in [2.24, 2.45) is 4.36 Å². The van der Waals surface area contributed by atoms with Crippen LogP contribution < -0.4 is 10.0 Å². The molecule has 7 nitrogen and oxygen atoms in total. The summed E-state index contributed by atoms with van der Waals surface area (Å²) in [4.78, 5) is 28.7. The number of urea groups is 1. The maximum atomic E-state index is 13.1. The first-order valence-corrected chi connectivity index (χ1v) is 10.6. The van der Waals surface area contributed by atoms with Gasteiger partial charge in [-0.2, -0.15) is 0 Å². The number of rotatable bonds is 1. The van der Waals surface area contributed by atoms with E-state index in [1.807, 2.05) is 0 Å². The van der Waals surface area contributed by atoms with Crippen LogP contribution in [-0.2, 0) is 35.6 Å². The summed E-state index contributed by atoms with van der Waals surface area (Å²) >= 11 is 0. The molecular formula is C19H18N4O3S. The van der Waals surface area contributed by atoms with Gasteiger partial charge in [0.25, 0.3) is 5.91 Å². The van der Waals surface area contributed by atoms with E-state index in [0.717, 1.165) is 44.2 Å². The van der Waals surface area contributed by atoms with Gasteiger partial charge in [0.1, 0.15) is 0 Å². The largest absolute Gasteiger partial charge is 0.355 e. The molecule has 0 radical (unpaired) electrons. The quantitative estimate of drug-likeness (QED) is 0.792. The lowest BCUT2D eigenvalue weighted by molar-refractivity contribution is 0.0985. The van der Waals surface area contributed by atoms with Gasteiger partial charge < -0.3 is 5.32 Å². The normalized spacial score (nSPS) is 22.0. The zero-order chi connectivity index (χ0) is 18.6. The molecule has 0 spiro atoms. The average molecular weight is 382 g/mol. The third-order valence-electron chi connectivity index (χ3n) is 5.43. The van der Waals surface area contributed by atoms with E-state index in [-0.39, 0.29) is 10.6 Å². The van der Waals surface area contributed by atoms with E-state index in [1.54, 1.807) is 6.07 Å². The molecule has 0 saturated heterocycles. The standard InChI is InChI=1S/C19H18N4O3S/c24-17-15-8-3-9-20-18(15)27(26,22-17)23-19(25)21-16-13-6-1-4-11(13)10-12-5-2-7-14(12)16/h3,8-10H,1-2,4-7H2,(H2,21,22,23,24,25,26). The van der Waals surface area contributed by atoms with Gasteiger partial charge in [-0.25, -0.2) is 14.0 Å². The van der Waals surface area contributed by atoms with Crippen LogP contribution in [0.5, 0.6) is 0 Å². The highest BCUT2D eigenvalue weighted by Gasteiger charge is 2.33. The second-order valence-corrected chi connectivity index (χ2v) is 8.89. The molecule has 2 heterocycles. The Kier molecular flexibility index (Phi) is 3.58. The van der Waals surface area contributed by atoms with Crippen molar-refractivity contribution < 1.29 is 13.8 Å². The fraction of sp³-hybridized carbons (Fsp3) is 0.316. The van der Waals surface area contributed by atoms with Crippen molar-refractivity contribution in [2.75, 3.05) is 5.32 Å². The molecule has 2 aliphatic carbocycles. The van der Waals surface area contributed by atoms with E-state index in [2.05, 4.69) is 25.5 Å². The van der Waals surface area contributed by atoms with Gasteiger partial charge in [-0.1, -0.05) is 6.07 Å². The molecule has 0 bridgehead atoms. The van der Waals surface area contributed by atoms with E-state index in [1.165, 1.54) is 34.5 Å². The molecule has 8 heteroatoms. The zero-order valence-electron chi connectivity index (χ0n) is 14.6. The summed E-state index contributed by atoms with van der Waals surface area (Å²) in [5, 5.41) is 2.90. The van der Waals surface area contributed by atoms with E-state index < -0.39 is 21.9 Å². The minimum absolute atomic E-state index is 0.0219. The molecule has 1 unspecified atom stereocenters. The molecule has 3 aliphatic rings. The number of nitrogens with one attached hydrogen (secondary N) is 2. The summed E-state index contributed by atoms with van der Waals surface area (Å²) in [5.74, 6) is -0.527. The van der Waals surface area contributed by atoms with Crippen molar-refractivity contribution in [3.63, 3.8) is 0 Å². The maximum Gasteiger partial charge on any atom is 0.355 e.